The number of amides is 2. The van der Waals surface area contributed by atoms with Gasteiger partial charge >= 0.3 is 6.36 Å². The van der Waals surface area contributed by atoms with Gasteiger partial charge in [-0.3, -0.25) is 14.5 Å². The van der Waals surface area contributed by atoms with Crippen LogP contribution in [0.25, 0.3) is 0 Å². The minimum Gasteiger partial charge on any atom is -0.410 e. The molecule has 4 rings (SSSR count). The molecular formula is C20H19ClF4N4O4. The molecule has 0 spiro atoms. The highest BCUT2D eigenvalue weighted by Crippen LogP contribution is 2.45. The SMILES string of the molecule is C[C@@](C(=O)NC1C2COCC21)(c1cncnc1)N(C(=O)[C@H](F)Cl)C1=CC=C(OC(F)(F)F)C1. The van der Waals surface area contributed by atoms with E-state index in [0.717, 1.165) is 17.1 Å². The summed E-state index contributed by atoms with van der Waals surface area (Å²) in [6.07, 6.45) is 0.386. The Morgan fingerprint density at radius 1 is 1.24 bits per heavy atom. The molecule has 4 atom stereocenters. The number of rotatable bonds is 7. The molecule has 0 radical (unpaired) electrons. The third kappa shape index (κ3) is 4.54. The summed E-state index contributed by atoms with van der Waals surface area (Å²) >= 11 is 5.45. The fourth-order valence-electron chi connectivity index (χ4n) is 4.26. The second-order valence-corrected chi connectivity index (χ2v) is 8.44. The Balaban J connectivity index is 1.68. The standard InChI is InChI=1S/C20H19ClF4N4O4/c1-19(10-5-26-9-27-6-10,18(31)28-15-13-7-32-8-14(13)15)29(17(30)16(21)22)11-2-3-12(4-11)33-20(23,24)25/h2-3,5-6,9,13-16H,4,7-8H2,1H3,(H,28,31)/t13?,14?,15?,16-,19-/m0/s1. The fraction of sp³-hybridized carbons (Fsp3) is 0.500. The molecule has 178 valence electrons. The first-order valence-electron chi connectivity index (χ1n) is 9.94. The van der Waals surface area contributed by atoms with Crippen LogP contribution in [0.5, 0.6) is 0 Å². The lowest BCUT2D eigenvalue weighted by atomic mass is 9.89. The monoisotopic (exact) mass is 490 g/mol. The Labute approximate surface area is 190 Å². The lowest BCUT2D eigenvalue weighted by molar-refractivity contribution is -0.306. The highest BCUT2D eigenvalue weighted by molar-refractivity contribution is 6.29. The molecule has 2 heterocycles. The van der Waals surface area contributed by atoms with Crippen LogP contribution in [0.15, 0.2) is 42.3 Å². The number of ether oxygens (including phenoxy) is 2. The second kappa shape index (κ2) is 8.56. The lowest BCUT2D eigenvalue weighted by Gasteiger charge is -2.41. The molecule has 33 heavy (non-hydrogen) atoms. The first-order valence-corrected chi connectivity index (χ1v) is 10.4. The van der Waals surface area contributed by atoms with Gasteiger partial charge < -0.3 is 14.8 Å². The Morgan fingerprint density at radius 3 is 2.45 bits per heavy atom. The Morgan fingerprint density at radius 2 is 1.88 bits per heavy atom. The first kappa shape index (κ1) is 23.4. The molecular weight excluding hydrogens is 472 g/mol. The van der Waals surface area contributed by atoms with Crippen LogP contribution in [-0.2, 0) is 24.6 Å². The minimum atomic E-state index is -4.96. The van der Waals surface area contributed by atoms with Crippen molar-refractivity contribution in [2.75, 3.05) is 13.2 Å². The van der Waals surface area contributed by atoms with Gasteiger partial charge in [0.1, 0.15) is 12.1 Å². The molecule has 0 aromatic carbocycles. The van der Waals surface area contributed by atoms with Crippen LogP contribution in [-0.4, -0.2) is 57.9 Å². The summed E-state index contributed by atoms with van der Waals surface area (Å²) in [5.41, 5.74) is -4.49. The van der Waals surface area contributed by atoms with Gasteiger partial charge in [0.15, 0.2) is 5.54 Å². The third-order valence-corrected chi connectivity index (χ3v) is 6.21. The van der Waals surface area contributed by atoms with Gasteiger partial charge in [-0.15, -0.1) is 13.2 Å². The maximum Gasteiger partial charge on any atom is 0.572 e. The predicted octanol–water partition coefficient (Wildman–Crippen LogP) is 2.52. The average molecular weight is 491 g/mol. The van der Waals surface area contributed by atoms with Gasteiger partial charge in [0.25, 0.3) is 17.4 Å². The number of carbonyl (C=O) groups is 2. The van der Waals surface area contributed by atoms with E-state index in [1.54, 1.807) is 0 Å². The number of allylic oxidation sites excluding steroid dienone is 2. The number of aromatic nitrogens is 2. The molecule has 3 aliphatic rings. The van der Waals surface area contributed by atoms with Gasteiger partial charge in [0.05, 0.1) is 13.2 Å². The van der Waals surface area contributed by atoms with Gasteiger partial charge in [-0.05, 0) is 19.1 Å². The molecule has 2 unspecified atom stereocenters. The summed E-state index contributed by atoms with van der Waals surface area (Å²) < 4.78 is 61.3. The van der Waals surface area contributed by atoms with E-state index in [9.17, 15) is 27.2 Å². The summed E-state index contributed by atoms with van der Waals surface area (Å²) in [6, 6.07) is -0.205. The van der Waals surface area contributed by atoms with Crippen LogP contribution < -0.4 is 5.32 Å². The van der Waals surface area contributed by atoms with E-state index in [0.29, 0.717) is 13.2 Å². The van der Waals surface area contributed by atoms with E-state index in [4.69, 9.17) is 16.3 Å². The zero-order chi connectivity index (χ0) is 24.0. The maximum absolute atomic E-state index is 14.1. The first-order chi connectivity index (χ1) is 15.5. The molecule has 13 heteroatoms. The molecule has 8 nitrogen and oxygen atoms in total. The van der Waals surface area contributed by atoms with E-state index in [1.807, 2.05) is 0 Å². The number of alkyl halides is 5. The topological polar surface area (TPSA) is 93.6 Å². The zero-order valence-corrected chi connectivity index (χ0v) is 17.9. The second-order valence-electron chi connectivity index (χ2n) is 8.05. The average Bonchev–Trinajstić information content (AvgIpc) is 3.12. The molecule has 1 aromatic heterocycles. The summed E-state index contributed by atoms with van der Waals surface area (Å²) in [7, 11) is 0. The van der Waals surface area contributed by atoms with Gasteiger partial charge in [-0.25, -0.2) is 14.4 Å². The molecule has 1 saturated carbocycles. The number of nitrogens with zero attached hydrogens (tertiary/aromatic N) is 3. The Kier molecular flexibility index (Phi) is 6.08. The summed E-state index contributed by atoms with van der Waals surface area (Å²) in [5, 5.41) is 2.85. The molecule has 2 fully saturated rings. The van der Waals surface area contributed by atoms with Crippen molar-refractivity contribution in [1.29, 1.82) is 0 Å². The van der Waals surface area contributed by atoms with Crippen LogP contribution >= 0.6 is 11.6 Å². The van der Waals surface area contributed by atoms with Gasteiger partial charge in [-0.1, -0.05) is 11.6 Å². The van der Waals surface area contributed by atoms with Crippen molar-refractivity contribution in [1.82, 2.24) is 20.2 Å². The van der Waals surface area contributed by atoms with Crippen LogP contribution in [0.2, 0.25) is 0 Å². The molecule has 0 bridgehead atoms. The highest BCUT2D eigenvalue weighted by Gasteiger charge is 2.57. The quantitative estimate of drug-likeness (QED) is 0.466. The number of nitrogens with one attached hydrogen (secondary N) is 1. The molecule has 1 aromatic rings. The van der Waals surface area contributed by atoms with Gasteiger partial charge in [-0.2, -0.15) is 0 Å². The van der Waals surface area contributed by atoms with Crippen LogP contribution in [0.4, 0.5) is 17.6 Å². The van der Waals surface area contributed by atoms with Crippen molar-refractivity contribution in [2.45, 2.75) is 36.9 Å². The van der Waals surface area contributed by atoms with Crippen LogP contribution in [0.3, 0.4) is 0 Å². The normalized spacial score (nSPS) is 26.4. The van der Waals surface area contributed by atoms with Crippen molar-refractivity contribution < 1.29 is 36.6 Å². The Bertz CT molecular complexity index is 994. The van der Waals surface area contributed by atoms with Crippen molar-refractivity contribution in [3.05, 3.63) is 47.9 Å². The third-order valence-electron chi connectivity index (χ3n) is 6.02. The van der Waals surface area contributed by atoms with E-state index in [-0.39, 0.29) is 29.1 Å². The smallest absolute Gasteiger partial charge is 0.410 e. The summed E-state index contributed by atoms with van der Waals surface area (Å²) in [6.45, 7) is 2.28. The zero-order valence-electron chi connectivity index (χ0n) is 17.2. The van der Waals surface area contributed by atoms with Crippen LogP contribution in [0.1, 0.15) is 18.9 Å². The van der Waals surface area contributed by atoms with E-state index in [1.165, 1.54) is 25.6 Å². The largest absolute Gasteiger partial charge is 0.572 e. The van der Waals surface area contributed by atoms with Crippen LogP contribution in [0, 0.1) is 11.8 Å². The maximum atomic E-state index is 14.1. The highest BCUT2D eigenvalue weighted by atomic mass is 35.5. The van der Waals surface area contributed by atoms with Crippen molar-refractivity contribution >= 4 is 23.4 Å². The number of halogens is 5. The number of hydrogen-bond donors (Lipinski definition) is 1. The van der Waals surface area contributed by atoms with E-state index >= 15 is 0 Å². The van der Waals surface area contributed by atoms with Crippen molar-refractivity contribution in [2.24, 2.45) is 11.8 Å². The summed E-state index contributed by atoms with van der Waals surface area (Å²) in [4.78, 5) is 35.0. The molecule has 1 saturated heterocycles. The molecule has 1 N–H and O–H groups in total. The van der Waals surface area contributed by atoms with E-state index < -0.39 is 41.5 Å². The fourth-order valence-corrected chi connectivity index (χ4v) is 4.36. The van der Waals surface area contributed by atoms with Crippen molar-refractivity contribution in [3.8, 4) is 0 Å². The molecule has 2 aliphatic carbocycles. The van der Waals surface area contributed by atoms with Gasteiger partial charge in [0.2, 0.25) is 0 Å². The van der Waals surface area contributed by atoms with Crippen molar-refractivity contribution in [3.63, 3.8) is 0 Å². The summed E-state index contributed by atoms with van der Waals surface area (Å²) in [5.74, 6) is -2.30. The lowest BCUT2D eigenvalue weighted by Crippen LogP contribution is -2.58. The predicted molar refractivity (Wildman–Crippen MR) is 105 cm³/mol. The molecule has 2 amide bonds. The number of hydrogen-bond acceptors (Lipinski definition) is 6. The van der Waals surface area contributed by atoms with E-state index in [2.05, 4.69) is 20.0 Å². The Hall–Kier alpha value is -2.73. The number of fused-ring (bicyclic) bond motifs is 1. The molecule has 1 aliphatic heterocycles. The number of carbonyl (C=O) groups excluding carboxylic acids is 2. The minimum absolute atomic E-state index is 0.108. The van der Waals surface area contributed by atoms with Gasteiger partial charge in [0, 0.05) is 48.0 Å².